The van der Waals surface area contributed by atoms with Gasteiger partial charge in [0, 0.05) is 26.0 Å². The summed E-state index contributed by atoms with van der Waals surface area (Å²) in [5, 5.41) is 3.40. The van der Waals surface area contributed by atoms with E-state index < -0.39 is 9.84 Å². The lowest BCUT2D eigenvalue weighted by atomic mass is 9.81. The molecule has 19 heavy (non-hydrogen) atoms. The smallest absolute Gasteiger partial charge is 0.150 e. The van der Waals surface area contributed by atoms with E-state index in [0.29, 0.717) is 12.4 Å². The molecule has 0 saturated heterocycles. The van der Waals surface area contributed by atoms with Gasteiger partial charge in [0.05, 0.1) is 12.4 Å². The number of methoxy groups -OCH3 is 1. The van der Waals surface area contributed by atoms with Gasteiger partial charge in [0.25, 0.3) is 0 Å². The third-order valence-electron chi connectivity index (χ3n) is 3.56. The minimum atomic E-state index is -2.83. The fourth-order valence-corrected chi connectivity index (χ4v) is 3.21. The van der Waals surface area contributed by atoms with Crippen LogP contribution in [0.4, 0.5) is 0 Å². The molecule has 0 fully saturated rings. The number of hydrogen-bond acceptors (Lipinski definition) is 4. The third-order valence-corrected chi connectivity index (χ3v) is 5.35. The SMILES string of the molecule is CCCC(C)(CCCS(=O)(=O)CC)CNCCOC. The van der Waals surface area contributed by atoms with Crippen LogP contribution in [0.15, 0.2) is 0 Å². The van der Waals surface area contributed by atoms with Crippen molar-refractivity contribution in [3.05, 3.63) is 0 Å². The minimum absolute atomic E-state index is 0.186. The molecule has 0 rings (SSSR count). The summed E-state index contributed by atoms with van der Waals surface area (Å²) < 4.78 is 28.0. The zero-order chi connectivity index (χ0) is 14.8. The Morgan fingerprint density at radius 3 is 2.42 bits per heavy atom. The van der Waals surface area contributed by atoms with Crippen LogP contribution in [0.25, 0.3) is 0 Å². The van der Waals surface area contributed by atoms with Crippen molar-refractivity contribution in [2.24, 2.45) is 5.41 Å². The van der Waals surface area contributed by atoms with E-state index in [0.717, 1.165) is 38.8 Å². The molecular formula is C14H31NO3S. The molecule has 0 bridgehead atoms. The van der Waals surface area contributed by atoms with Crippen LogP contribution in [-0.4, -0.2) is 46.7 Å². The highest BCUT2D eigenvalue weighted by molar-refractivity contribution is 7.91. The number of hydrogen-bond donors (Lipinski definition) is 1. The lowest BCUT2D eigenvalue weighted by molar-refractivity contribution is 0.187. The molecule has 0 aromatic heterocycles. The largest absolute Gasteiger partial charge is 0.383 e. The molecule has 1 atom stereocenters. The van der Waals surface area contributed by atoms with Gasteiger partial charge in [-0.3, -0.25) is 0 Å². The Balaban J connectivity index is 4.14. The van der Waals surface area contributed by atoms with Crippen LogP contribution >= 0.6 is 0 Å². The van der Waals surface area contributed by atoms with Crippen molar-refractivity contribution in [1.29, 1.82) is 0 Å². The van der Waals surface area contributed by atoms with E-state index in [-0.39, 0.29) is 11.2 Å². The van der Waals surface area contributed by atoms with Gasteiger partial charge in [-0.15, -0.1) is 0 Å². The molecule has 0 aliphatic heterocycles. The third kappa shape index (κ3) is 9.41. The van der Waals surface area contributed by atoms with Gasteiger partial charge in [0.15, 0.2) is 0 Å². The number of ether oxygens (including phenoxy) is 1. The van der Waals surface area contributed by atoms with Gasteiger partial charge < -0.3 is 10.1 Å². The molecular weight excluding hydrogens is 262 g/mol. The second kappa shape index (κ2) is 9.72. The molecule has 0 aliphatic carbocycles. The molecule has 0 aliphatic rings. The fourth-order valence-electron chi connectivity index (χ4n) is 2.33. The van der Waals surface area contributed by atoms with Crippen LogP contribution in [0, 0.1) is 5.41 Å². The molecule has 1 N–H and O–H groups in total. The van der Waals surface area contributed by atoms with Crippen molar-refractivity contribution in [1.82, 2.24) is 5.32 Å². The highest BCUT2D eigenvalue weighted by Crippen LogP contribution is 2.28. The van der Waals surface area contributed by atoms with Crippen molar-refractivity contribution in [3.63, 3.8) is 0 Å². The van der Waals surface area contributed by atoms with E-state index in [2.05, 4.69) is 19.2 Å². The lowest BCUT2D eigenvalue weighted by Crippen LogP contribution is -2.34. The zero-order valence-electron chi connectivity index (χ0n) is 13.0. The maximum Gasteiger partial charge on any atom is 0.150 e. The van der Waals surface area contributed by atoms with Crippen LogP contribution in [0.3, 0.4) is 0 Å². The van der Waals surface area contributed by atoms with Crippen LogP contribution in [0.5, 0.6) is 0 Å². The van der Waals surface area contributed by atoms with Gasteiger partial charge in [0.2, 0.25) is 0 Å². The van der Waals surface area contributed by atoms with Gasteiger partial charge in [0.1, 0.15) is 9.84 Å². The van der Waals surface area contributed by atoms with Crippen LogP contribution in [-0.2, 0) is 14.6 Å². The van der Waals surface area contributed by atoms with E-state index in [1.165, 1.54) is 0 Å². The van der Waals surface area contributed by atoms with Crippen molar-refractivity contribution in [3.8, 4) is 0 Å². The molecule has 0 amide bonds. The second-order valence-corrected chi connectivity index (χ2v) is 8.04. The first-order valence-corrected chi connectivity index (χ1v) is 9.11. The molecule has 116 valence electrons. The number of sulfone groups is 1. The quantitative estimate of drug-likeness (QED) is 0.561. The normalized spacial score (nSPS) is 15.4. The highest BCUT2D eigenvalue weighted by atomic mass is 32.2. The summed E-state index contributed by atoms with van der Waals surface area (Å²) in [5.41, 5.74) is 0.186. The molecule has 4 nitrogen and oxygen atoms in total. The fraction of sp³-hybridized carbons (Fsp3) is 1.00. The summed E-state index contributed by atoms with van der Waals surface area (Å²) in [6.07, 6.45) is 3.97. The topological polar surface area (TPSA) is 55.4 Å². The summed E-state index contributed by atoms with van der Waals surface area (Å²) in [6, 6.07) is 0. The van der Waals surface area contributed by atoms with Crippen LogP contribution in [0.1, 0.15) is 46.5 Å². The molecule has 0 aromatic carbocycles. The molecule has 0 aromatic rings. The van der Waals surface area contributed by atoms with Gasteiger partial charge in [-0.25, -0.2) is 8.42 Å². The summed E-state index contributed by atoms with van der Waals surface area (Å²) in [5.74, 6) is 0.574. The Hall–Kier alpha value is -0.130. The Bertz CT molecular complexity index is 317. The van der Waals surface area contributed by atoms with Gasteiger partial charge in [-0.2, -0.15) is 0 Å². The van der Waals surface area contributed by atoms with E-state index in [4.69, 9.17) is 4.74 Å². The first-order valence-electron chi connectivity index (χ1n) is 7.29. The number of nitrogens with one attached hydrogen (secondary N) is 1. The molecule has 1 unspecified atom stereocenters. The molecule has 5 heteroatoms. The van der Waals surface area contributed by atoms with Crippen molar-refractivity contribution in [2.75, 3.05) is 38.3 Å². The van der Waals surface area contributed by atoms with Crippen LogP contribution < -0.4 is 5.32 Å². The Morgan fingerprint density at radius 2 is 1.89 bits per heavy atom. The summed E-state index contributed by atoms with van der Waals surface area (Å²) in [7, 11) is -1.13. The van der Waals surface area contributed by atoms with Crippen LogP contribution in [0.2, 0.25) is 0 Å². The highest BCUT2D eigenvalue weighted by Gasteiger charge is 2.23. The van der Waals surface area contributed by atoms with Crippen molar-refractivity contribution >= 4 is 9.84 Å². The van der Waals surface area contributed by atoms with E-state index in [9.17, 15) is 8.42 Å². The maximum atomic E-state index is 11.5. The number of rotatable bonds is 12. The lowest BCUT2D eigenvalue weighted by Gasteiger charge is -2.30. The monoisotopic (exact) mass is 293 g/mol. The average Bonchev–Trinajstić information content (AvgIpc) is 2.35. The van der Waals surface area contributed by atoms with Gasteiger partial charge in [-0.05, 0) is 24.7 Å². The Kier molecular flexibility index (Phi) is 9.66. The van der Waals surface area contributed by atoms with Gasteiger partial charge in [-0.1, -0.05) is 27.2 Å². The first kappa shape index (κ1) is 18.9. The van der Waals surface area contributed by atoms with E-state index in [1.54, 1.807) is 14.0 Å². The van der Waals surface area contributed by atoms with Gasteiger partial charge >= 0.3 is 0 Å². The predicted molar refractivity (Wildman–Crippen MR) is 81.3 cm³/mol. The zero-order valence-corrected chi connectivity index (χ0v) is 13.8. The van der Waals surface area contributed by atoms with Crippen molar-refractivity contribution < 1.29 is 13.2 Å². The Morgan fingerprint density at radius 1 is 1.21 bits per heavy atom. The standard InChI is InChI=1S/C14H31NO3S/c1-5-8-14(3,13-15-10-11-18-4)9-7-12-19(16,17)6-2/h15H,5-13H2,1-4H3. The molecule has 0 radical (unpaired) electrons. The van der Waals surface area contributed by atoms with Crippen molar-refractivity contribution in [2.45, 2.75) is 46.5 Å². The molecule has 0 heterocycles. The predicted octanol–water partition coefficient (Wildman–Crippen LogP) is 2.24. The maximum absolute atomic E-state index is 11.5. The first-order chi connectivity index (χ1) is 8.89. The molecule has 0 spiro atoms. The average molecular weight is 293 g/mol. The summed E-state index contributed by atoms with van der Waals surface area (Å²) >= 11 is 0. The summed E-state index contributed by atoms with van der Waals surface area (Å²) in [4.78, 5) is 0. The molecule has 0 saturated carbocycles. The van der Waals surface area contributed by atoms with E-state index in [1.807, 2.05) is 0 Å². The second-order valence-electron chi connectivity index (χ2n) is 5.57. The van der Waals surface area contributed by atoms with E-state index >= 15 is 0 Å². The Labute approximate surface area is 119 Å². The minimum Gasteiger partial charge on any atom is -0.383 e. The summed E-state index contributed by atoms with van der Waals surface area (Å²) in [6.45, 7) is 8.63.